The molecule has 4 heteroatoms. The SMILES string of the molecule is CC(C)(C)N1C=CN(C(C)(C)C)[Si]1(Cl)C(C)(C)C. The largest absolute Gasteiger partial charge is 0.371 e. The van der Waals surface area contributed by atoms with Crippen molar-refractivity contribution in [3.8, 4) is 0 Å². The number of halogens is 1. The molecule has 0 radical (unpaired) electrons. The maximum Gasteiger partial charge on any atom is 0.371 e. The first-order valence-electron chi connectivity index (χ1n) is 6.68. The Morgan fingerprint density at radius 3 is 1.17 bits per heavy atom. The molecular weight excluding hydrogens is 260 g/mol. The van der Waals surface area contributed by atoms with Gasteiger partial charge in [0.25, 0.3) is 0 Å². The number of rotatable bonds is 0. The van der Waals surface area contributed by atoms with Crippen molar-refractivity contribution in [2.24, 2.45) is 0 Å². The first kappa shape index (κ1) is 15.9. The molecule has 0 aromatic carbocycles. The Hall–Kier alpha value is -0.153. The molecule has 0 amide bonds. The van der Waals surface area contributed by atoms with Crippen molar-refractivity contribution in [3.05, 3.63) is 12.4 Å². The van der Waals surface area contributed by atoms with Gasteiger partial charge < -0.3 is 9.13 Å². The Balaban J connectivity index is 3.34. The topological polar surface area (TPSA) is 6.48 Å². The van der Waals surface area contributed by atoms with E-state index in [-0.39, 0.29) is 16.1 Å². The third kappa shape index (κ3) is 2.44. The van der Waals surface area contributed by atoms with E-state index in [1.807, 2.05) is 0 Å². The summed E-state index contributed by atoms with van der Waals surface area (Å²) in [5.74, 6) is 0. The zero-order valence-corrected chi connectivity index (χ0v) is 15.2. The summed E-state index contributed by atoms with van der Waals surface area (Å²) in [4.78, 5) is 0. The van der Waals surface area contributed by atoms with Crippen LogP contribution in [-0.4, -0.2) is 27.9 Å². The van der Waals surface area contributed by atoms with Crippen LogP contribution in [0.5, 0.6) is 0 Å². The molecule has 0 fully saturated rings. The molecule has 106 valence electrons. The minimum absolute atomic E-state index is 0.0533. The predicted octanol–water partition coefficient (Wildman–Crippen LogP) is 4.65. The highest BCUT2D eigenvalue weighted by Crippen LogP contribution is 2.51. The molecule has 0 spiro atoms. The highest BCUT2D eigenvalue weighted by atomic mass is 35.6. The van der Waals surface area contributed by atoms with E-state index in [0.29, 0.717) is 0 Å². The van der Waals surface area contributed by atoms with Gasteiger partial charge in [-0.25, -0.2) is 0 Å². The van der Waals surface area contributed by atoms with Crippen LogP contribution in [0.15, 0.2) is 12.4 Å². The molecular formula is C14H29ClN2Si. The minimum Gasteiger partial charge on any atom is -0.369 e. The monoisotopic (exact) mass is 288 g/mol. The van der Waals surface area contributed by atoms with Gasteiger partial charge in [-0.3, -0.25) is 0 Å². The van der Waals surface area contributed by atoms with Crippen molar-refractivity contribution < 1.29 is 0 Å². The van der Waals surface area contributed by atoms with Crippen LogP contribution in [0.1, 0.15) is 62.3 Å². The van der Waals surface area contributed by atoms with Gasteiger partial charge in [0.05, 0.1) is 0 Å². The Morgan fingerprint density at radius 2 is 1.00 bits per heavy atom. The maximum atomic E-state index is 7.28. The fraction of sp³-hybridized carbons (Fsp3) is 0.857. The average molecular weight is 289 g/mol. The molecule has 1 heterocycles. The van der Waals surface area contributed by atoms with Crippen molar-refractivity contribution >= 4 is 18.8 Å². The standard InChI is InChI=1S/C14H29ClN2Si/c1-12(2,3)16-10-11-17(13(4,5)6)18(16,15)14(7,8)9/h10-11H,1-9H3. The van der Waals surface area contributed by atoms with Gasteiger partial charge in [-0.15, -0.1) is 11.1 Å². The zero-order chi connectivity index (χ0) is 14.6. The van der Waals surface area contributed by atoms with Crippen molar-refractivity contribution in [1.82, 2.24) is 9.13 Å². The van der Waals surface area contributed by atoms with E-state index >= 15 is 0 Å². The quantitative estimate of drug-likeness (QED) is 0.473. The van der Waals surface area contributed by atoms with Crippen molar-refractivity contribution in [3.63, 3.8) is 0 Å². The van der Waals surface area contributed by atoms with Gasteiger partial charge in [0.15, 0.2) is 0 Å². The Bertz CT molecular complexity index is 320. The lowest BCUT2D eigenvalue weighted by atomic mass is 10.1. The van der Waals surface area contributed by atoms with E-state index in [1.54, 1.807) is 0 Å². The first-order valence-corrected chi connectivity index (χ1v) is 9.59. The summed E-state index contributed by atoms with van der Waals surface area (Å²) >= 11 is 7.28. The van der Waals surface area contributed by atoms with Gasteiger partial charge in [-0.1, -0.05) is 20.8 Å². The van der Waals surface area contributed by atoms with Crippen molar-refractivity contribution in [2.75, 3.05) is 0 Å². The summed E-state index contributed by atoms with van der Waals surface area (Å²) in [6.07, 6.45) is 4.38. The fourth-order valence-corrected chi connectivity index (χ4v) is 8.35. The molecule has 2 nitrogen and oxygen atoms in total. The summed E-state index contributed by atoms with van der Waals surface area (Å²) in [7, 11) is -2.29. The molecule has 0 unspecified atom stereocenters. The lowest BCUT2D eigenvalue weighted by molar-refractivity contribution is 0.258. The smallest absolute Gasteiger partial charge is 0.369 e. The molecule has 0 saturated carbocycles. The van der Waals surface area contributed by atoms with E-state index in [4.69, 9.17) is 11.1 Å². The molecule has 0 N–H and O–H groups in total. The van der Waals surface area contributed by atoms with Crippen molar-refractivity contribution in [2.45, 2.75) is 78.4 Å². The molecule has 18 heavy (non-hydrogen) atoms. The minimum atomic E-state index is -2.29. The lowest BCUT2D eigenvalue weighted by Crippen LogP contribution is -2.68. The summed E-state index contributed by atoms with van der Waals surface area (Å²) in [6, 6.07) is 0. The summed E-state index contributed by atoms with van der Waals surface area (Å²) in [6.45, 7) is 20.2. The fourth-order valence-electron chi connectivity index (χ4n) is 2.51. The summed E-state index contributed by atoms with van der Waals surface area (Å²) in [5.41, 5.74) is 0.107. The normalized spacial score (nSPS) is 20.8. The number of hydrogen-bond donors (Lipinski definition) is 0. The molecule has 0 atom stereocenters. The maximum absolute atomic E-state index is 7.28. The third-order valence-corrected chi connectivity index (χ3v) is 11.0. The molecule has 0 saturated heterocycles. The van der Waals surface area contributed by atoms with Crippen LogP contribution in [-0.2, 0) is 0 Å². The summed E-state index contributed by atoms with van der Waals surface area (Å²) < 4.78 is 4.82. The van der Waals surface area contributed by atoms with Crippen LogP contribution in [0.3, 0.4) is 0 Å². The van der Waals surface area contributed by atoms with E-state index in [0.717, 1.165) is 0 Å². The molecule has 0 aromatic heterocycles. The number of nitrogens with zero attached hydrogens (tertiary/aromatic N) is 2. The van der Waals surface area contributed by atoms with E-state index in [2.05, 4.69) is 83.8 Å². The van der Waals surface area contributed by atoms with Crippen LogP contribution in [0.2, 0.25) is 5.04 Å². The van der Waals surface area contributed by atoms with E-state index in [1.165, 1.54) is 0 Å². The molecule has 1 rings (SSSR count). The van der Waals surface area contributed by atoms with E-state index in [9.17, 15) is 0 Å². The highest BCUT2D eigenvalue weighted by molar-refractivity contribution is 7.19. The van der Waals surface area contributed by atoms with Crippen LogP contribution >= 0.6 is 11.1 Å². The summed E-state index contributed by atoms with van der Waals surface area (Å²) in [5, 5.41) is 0.0681. The molecule has 1 aliphatic heterocycles. The van der Waals surface area contributed by atoms with Crippen LogP contribution in [0.4, 0.5) is 0 Å². The van der Waals surface area contributed by atoms with Crippen LogP contribution < -0.4 is 0 Å². The second kappa shape index (κ2) is 4.17. The van der Waals surface area contributed by atoms with Gasteiger partial charge >= 0.3 is 7.71 Å². The molecule has 1 aliphatic rings. The van der Waals surface area contributed by atoms with Gasteiger partial charge in [-0.2, -0.15) is 0 Å². The van der Waals surface area contributed by atoms with Gasteiger partial charge in [0, 0.05) is 28.5 Å². The van der Waals surface area contributed by atoms with Gasteiger partial charge in [0.1, 0.15) is 0 Å². The number of hydrogen-bond acceptors (Lipinski definition) is 2. The van der Waals surface area contributed by atoms with Crippen molar-refractivity contribution in [1.29, 1.82) is 0 Å². The molecule has 0 aromatic rings. The lowest BCUT2D eigenvalue weighted by Gasteiger charge is -2.54. The average Bonchev–Trinajstić information content (AvgIpc) is 2.40. The van der Waals surface area contributed by atoms with Crippen LogP contribution in [0, 0.1) is 0 Å². The molecule has 0 bridgehead atoms. The van der Waals surface area contributed by atoms with Gasteiger partial charge in [-0.05, 0) is 41.5 Å². The van der Waals surface area contributed by atoms with Gasteiger partial charge in [0.2, 0.25) is 0 Å². The Labute approximate surface area is 119 Å². The van der Waals surface area contributed by atoms with E-state index < -0.39 is 7.71 Å². The zero-order valence-electron chi connectivity index (χ0n) is 13.4. The molecule has 0 aliphatic carbocycles. The second-order valence-corrected chi connectivity index (χ2v) is 13.4. The highest BCUT2D eigenvalue weighted by Gasteiger charge is 2.60. The Morgan fingerprint density at radius 1 is 0.722 bits per heavy atom. The first-order chi connectivity index (χ1) is 7.72. The Kier molecular flexibility index (Phi) is 3.69. The third-order valence-electron chi connectivity index (χ3n) is 3.40. The predicted molar refractivity (Wildman–Crippen MR) is 83.6 cm³/mol. The van der Waals surface area contributed by atoms with Crippen LogP contribution in [0.25, 0.3) is 0 Å². The second-order valence-electron chi connectivity index (χ2n) is 8.22.